The van der Waals surface area contributed by atoms with Gasteiger partial charge >= 0.3 is 0 Å². The van der Waals surface area contributed by atoms with Crippen LogP contribution in [0.15, 0.2) is 60.7 Å². The Bertz CT molecular complexity index is 972. The van der Waals surface area contributed by atoms with E-state index < -0.39 is 0 Å². The fourth-order valence-corrected chi connectivity index (χ4v) is 2.88. The van der Waals surface area contributed by atoms with Crippen molar-refractivity contribution in [3.63, 3.8) is 0 Å². The maximum Gasteiger partial charge on any atom is 0.205 e. The van der Waals surface area contributed by atoms with Crippen molar-refractivity contribution in [1.29, 1.82) is 0 Å². The Hall–Kier alpha value is -2.52. The molecule has 4 rings (SSSR count). The molecule has 1 heterocycles. The number of halogens is 1. The van der Waals surface area contributed by atoms with Crippen LogP contribution in [0.4, 0.5) is 5.95 Å². The zero-order chi connectivity index (χ0) is 14.4. The fourth-order valence-electron chi connectivity index (χ4n) is 2.67. The fraction of sp³-hybridized carbons (Fsp3) is 0. The highest BCUT2D eigenvalue weighted by Crippen LogP contribution is 2.29. The molecule has 0 aliphatic heterocycles. The smallest absolute Gasteiger partial charge is 0.205 e. The second-order valence-corrected chi connectivity index (χ2v) is 5.35. The van der Waals surface area contributed by atoms with E-state index in [4.69, 9.17) is 17.3 Å². The molecule has 0 saturated heterocycles. The molecule has 0 fully saturated rings. The Morgan fingerprint density at radius 3 is 2.57 bits per heavy atom. The summed E-state index contributed by atoms with van der Waals surface area (Å²) in [6, 6.07) is 20.2. The summed E-state index contributed by atoms with van der Waals surface area (Å²) in [5.41, 5.74) is 8.71. The first-order valence-corrected chi connectivity index (χ1v) is 7.03. The van der Waals surface area contributed by atoms with Crippen molar-refractivity contribution in [3.8, 4) is 5.69 Å². The van der Waals surface area contributed by atoms with E-state index in [-0.39, 0.29) is 0 Å². The SMILES string of the molecule is Nc1nc2c(Cl)cccc2n1-c1ccc2ccccc2c1. The lowest BCUT2D eigenvalue weighted by Crippen LogP contribution is -2.00. The van der Waals surface area contributed by atoms with Crippen molar-refractivity contribution in [3.05, 3.63) is 65.7 Å². The van der Waals surface area contributed by atoms with E-state index in [9.17, 15) is 0 Å². The first-order valence-electron chi connectivity index (χ1n) is 6.66. The molecule has 0 unspecified atom stereocenters. The number of nitrogens with two attached hydrogens (primary N) is 1. The van der Waals surface area contributed by atoms with Gasteiger partial charge in [-0.05, 0) is 35.0 Å². The summed E-state index contributed by atoms with van der Waals surface area (Å²) in [5, 5.41) is 2.97. The van der Waals surface area contributed by atoms with Gasteiger partial charge in [0.15, 0.2) is 0 Å². The number of fused-ring (bicyclic) bond motifs is 2. The van der Waals surface area contributed by atoms with Gasteiger partial charge in [0.1, 0.15) is 5.52 Å². The van der Waals surface area contributed by atoms with Crippen LogP contribution in [-0.4, -0.2) is 9.55 Å². The third kappa shape index (κ3) is 1.86. The van der Waals surface area contributed by atoms with Crippen molar-refractivity contribution in [1.82, 2.24) is 9.55 Å². The molecular weight excluding hydrogens is 282 g/mol. The number of anilines is 1. The van der Waals surface area contributed by atoms with Gasteiger partial charge in [-0.1, -0.05) is 48.0 Å². The van der Waals surface area contributed by atoms with Crippen LogP contribution in [0.25, 0.3) is 27.5 Å². The Morgan fingerprint density at radius 1 is 0.905 bits per heavy atom. The minimum Gasteiger partial charge on any atom is -0.369 e. The normalized spacial score (nSPS) is 11.3. The third-order valence-electron chi connectivity index (χ3n) is 3.65. The van der Waals surface area contributed by atoms with Gasteiger partial charge in [-0.15, -0.1) is 0 Å². The zero-order valence-electron chi connectivity index (χ0n) is 11.1. The number of hydrogen-bond acceptors (Lipinski definition) is 2. The van der Waals surface area contributed by atoms with Gasteiger partial charge in [-0.25, -0.2) is 4.98 Å². The van der Waals surface area contributed by atoms with Crippen molar-refractivity contribution >= 4 is 39.4 Å². The third-order valence-corrected chi connectivity index (χ3v) is 3.96. The Morgan fingerprint density at radius 2 is 1.71 bits per heavy atom. The van der Waals surface area contributed by atoms with E-state index in [1.165, 1.54) is 10.8 Å². The van der Waals surface area contributed by atoms with E-state index in [0.29, 0.717) is 11.0 Å². The van der Waals surface area contributed by atoms with Crippen LogP contribution in [0.3, 0.4) is 0 Å². The number of rotatable bonds is 1. The summed E-state index contributed by atoms with van der Waals surface area (Å²) in [6.07, 6.45) is 0. The largest absolute Gasteiger partial charge is 0.369 e. The highest BCUT2D eigenvalue weighted by molar-refractivity contribution is 6.35. The van der Waals surface area contributed by atoms with E-state index in [1.54, 1.807) is 0 Å². The summed E-state index contributed by atoms with van der Waals surface area (Å²) >= 11 is 6.19. The lowest BCUT2D eigenvalue weighted by atomic mass is 10.1. The summed E-state index contributed by atoms with van der Waals surface area (Å²) < 4.78 is 1.92. The maximum absolute atomic E-state index is 6.19. The minimum absolute atomic E-state index is 0.438. The first kappa shape index (κ1) is 12.2. The molecule has 0 saturated carbocycles. The second-order valence-electron chi connectivity index (χ2n) is 4.94. The van der Waals surface area contributed by atoms with Crippen LogP contribution in [0.2, 0.25) is 5.02 Å². The summed E-state index contributed by atoms with van der Waals surface area (Å²) in [6.45, 7) is 0. The first-order chi connectivity index (χ1) is 10.2. The number of benzene rings is 3. The number of aromatic nitrogens is 2. The maximum atomic E-state index is 6.19. The molecule has 21 heavy (non-hydrogen) atoms. The van der Waals surface area contributed by atoms with Crippen LogP contribution in [-0.2, 0) is 0 Å². The van der Waals surface area contributed by atoms with E-state index >= 15 is 0 Å². The highest BCUT2D eigenvalue weighted by Gasteiger charge is 2.12. The summed E-state index contributed by atoms with van der Waals surface area (Å²) in [7, 11) is 0. The number of para-hydroxylation sites is 1. The minimum atomic E-state index is 0.438. The van der Waals surface area contributed by atoms with Gasteiger partial charge in [-0.3, -0.25) is 4.57 Å². The standard InChI is InChI=1S/C17H12ClN3/c18-14-6-3-7-15-16(14)20-17(19)21(15)13-9-8-11-4-1-2-5-12(11)10-13/h1-10H,(H2,19,20). The van der Waals surface area contributed by atoms with E-state index in [2.05, 4.69) is 29.2 Å². The Balaban J connectivity index is 2.04. The van der Waals surface area contributed by atoms with Crippen molar-refractivity contribution in [2.24, 2.45) is 0 Å². The molecular formula is C17H12ClN3. The molecule has 0 spiro atoms. The topological polar surface area (TPSA) is 43.8 Å². The molecule has 2 N–H and O–H groups in total. The second kappa shape index (κ2) is 4.50. The number of nitrogens with zero attached hydrogens (tertiary/aromatic N) is 2. The molecule has 0 aliphatic carbocycles. The van der Waals surface area contributed by atoms with Crippen LogP contribution < -0.4 is 5.73 Å². The zero-order valence-corrected chi connectivity index (χ0v) is 11.9. The lowest BCUT2D eigenvalue weighted by Gasteiger charge is -2.08. The van der Waals surface area contributed by atoms with Gasteiger partial charge in [0.25, 0.3) is 0 Å². The molecule has 0 bridgehead atoms. The number of hydrogen-bond donors (Lipinski definition) is 1. The molecule has 4 aromatic rings. The van der Waals surface area contributed by atoms with Crippen LogP contribution in [0.5, 0.6) is 0 Å². The lowest BCUT2D eigenvalue weighted by molar-refractivity contribution is 1.11. The average molecular weight is 294 g/mol. The van der Waals surface area contributed by atoms with E-state index in [1.807, 2.05) is 41.0 Å². The van der Waals surface area contributed by atoms with Gasteiger partial charge in [-0.2, -0.15) is 0 Å². The van der Waals surface area contributed by atoms with Crippen molar-refractivity contribution < 1.29 is 0 Å². The Kier molecular flexibility index (Phi) is 2.62. The molecule has 1 aromatic heterocycles. The van der Waals surface area contributed by atoms with Crippen molar-refractivity contribution in [2.75, 3.05) is 5.73 Å². The molecule has 4 heteroatoms. The highest BCUT2D eigenvalue weighted by atomic mass is 35.5. The van der Waals surface area contributed by atoms with Crippen LogP contribution >= 0.6 is 11.6 Å². The number of imidazole rings is 1. The molecule has 3 nitrogen and oxygen atoms in total. The van der Waals surface area contributed by atoms with Crippen LogP contribution in [0, 0.1) is 0 Å². The summed E-state index contributed by atoms with van der Waals surface area (Å²) in [5.74, 6) is 0.438. The van der Waals surface area contributed by atoms with Gasteiger partial charge in [0.2, 0.25) is 5.95 Å². The predicted molar refractivity (Wildman–Crippen MR) is 88.0 cm³/mol. The average Bonchev–Trinajstić information content (AvgIpc) is 2.84. The molecule has 0 aliphatic rings. The quantitative estimate of drug-likeness (QED) is 0.565. The van der Waals surface area contributed by atoms with Gasteiger partial charge in [0, 0.05) is 5.69 Å². The van der Waals surface area contributed by atoms with Gasteiger partial charge < -0.3 is 5.73 Å². The molecule has 0 atom stereocenters. The molecule has 102 valence electrons. The monoisotopic (exact) mass is 293 g/mol. The molecule has 3 aromatic carbocycles. The number of nitrogen functional groups attached to an aromatic ring is 1. The van der Waals surface area contributed by atoms with Crippen LogP contribution in [0.1, 0.15) is 0 Å². The Labute approximate surface area is 126 Å². The summed E-state index contributed by atoms with van der Waals surface area (Å²) in [4.78, 5) is 4.38. The van der Waals surface area contributed by atoms with Gasteiger partial charge in [0.05, 0.1) is 10.5 Å². The van der Waals surface area contributed by atoms with E-state index in [0.717, 1.165) is 16.7 Å². The van der Waals surface area contributed by atoms with Crippen molar-refractivity contribution in [2.45, 2.75) is 0 Å². The predicted octanol–water partition coefficient (Wildman–Crippen LogP) is 4.41. The molecule has 0 amide bonds. The molecule has 0 radical (unpaired) electrons.